The summed E-state index contributed by atoms with van der Waals surface area (Å²) < 4.78 is 5.24. The monoisotopic (exact) mass is 194 g/mol. The van der Waals surface area contributed by atoms with Crippen molar-refractivity contribution in [2.45, 2.75) is 6.54 Å². The van der Waals surface area contributed by atoms with Gasteiger partial charge in [0, 0.05) is 19.3 Å². The van der Waals surface area contributed by atoms with Crippen LogP contribution in [0.1, 0.15) is 5.69 Å². The van der Waals surface area contributed by atoms with Crippen molar-refractivity contribution in [3.05, 3.63) is 24.3 Å². The zero-order valence-electron chi connectivity index (χ0n) is 8.02. The molecule has 0 spiro atoms. The summed E-state index contributed by atoms with van der Waals surface area (Å²) >= 11 is 0. The van der Waals surface area contributed by atoms with Crippen LogP contribution in [0.5, 0.6) is 0 Å². The Hall–Kier alpha value is -1.04. The van der Waals surface area contributed by atoms with Gasteiger partial charge in [-0.3, -0.25) is 0 Å². The van der Waals surface area contributed by atoms with E-state index in [1.54, 1.807) is 12.5 Å². The molecule has 1 saturated heterocycles. The molecule has 0 amide bonds. The minimum Gasteiger partial charge on any atom is -0.379 e. The summed E-state index contributed by atoms with van der Waals surface area (Å²) in [5, 5.41) is 2.16. The number of hydrogen-bond acceptors (Lipinski definition) is 5. The maximum Gasteiger partial charge on any atom is 0.115 e. The Morgan fingerprint density at radius 3 is 3.00 bits per heavy atom. The number of hydrogen-bond donors (Lipinski definition) is 1. The van der Waals surface area contributed by atoms with Gasteiger partial charge in [0.2, 0.25) is 0 Å². The molecule has 1 aliphatic rings. The van der Waals surface area contributed by atoms with Crippen molar-refractivity contribution < 1.29 is 4.74 Å². The zero-order valence-corrected chi connectivity index (χ0v) is 8.02. The van der Waals surface area contributed by atoms with Crippen LogP contribution in [-0.4, -0.2) is 41.3 Å². The topological polar surface area (TPSA) is 50.3 Å². The third kappa shape index (κ3) is 2.73. The molecule has 14 heavy (non-hydrogen) atoms. The molecule has 0 saturated carbocycles. The van der Waals surface area contributed by atoms with Crippen molar-refractivity contribution in [3.63, 3.8) is 0 Å². The molecule has 5 heteroatoms. The molecule has 0 atom stereocenters. The Balaban J connectivity index is 1.76. The fourth-order valence-electron chi connectivity index (χ4n) is 1.34. The Kier molecular flexibility index (Phi) is 3.39. The number of nitrogens with one attached hydrogen (secondary N) is 1. The van der Waals surface area contributed by atoms with Crippen LogP contribution in [-0.2, 0) is 11.3 Å². The second kappa shape index (κ2) is 4.99. The summed E-state index contributed by atoms with van der Waals surface area (Å²) in [6.45, 7) is 4.23. The highest BCUT2D eigenvalue weighted by Gasteiger charge is 2.08. The number of morpholine rings is 1. The lowest BCUT2D eigenvalue weighted by atomic mass is 10.4. The largest absolute Gasteiger partial charge is 0.379 e. The fourth-order valence-corrected chi connectivity index (χ4v) is 1.34. The average Bonchev–Trinajstić information content (AvgIpc) is 2.29. The van der Waals surface area contributed by atoms with Gasteiger partial charge in [0.25, 0.3) is 0 Å². The highest BCUT2D eigenvalue weighted by atomic mass is 16.5. The first-order valence-electron chi connectivity index (χ1n) is 4.76. The Bertz CT molecular complexity index is 261. The summed E-state index contributed by atoms with van der Waals surface area (Å²) in [5.74, 6) is 0. The van der Waals surface area contributed by atoms with E-state index in [1.807, 2.05) is 6.07 Å². The number of nitrogens with zero attached hydrogens (tertiary/aromatic N) is 3. The van der Waals surface area contributed by atoms with Crippen molar-refractivity contribution in [2.75, 3.05) is 26.3 Å². The molecule has 1 aromatic heterocycles. The van der Waals surface area contributed by atoms with E-state index in [-0.39, 0.29) is 0 Å². The second-order valence-corrected chi connectivity index (χ2v) is 3.14. The molecule has 1 aromatic rings. The van der Waals surface area contributed by atoms with Crippen LogP contribution in [0.15, 0.2) is 18.6 Å². The van der Waals surface area contributed by atoms with Gasteiger partial charge < -0.3 is 4.74 Å². The van der Waals surface area contributed by atoms with Crippen molar-refractivity contribution >= 4 is 0 Å². The van der Waals surface area contributed by atoms with Gasteiger partial charge in [-0.25, -0.2) is 20.4 Å². The van der Waals surface area contributed by atoms with Crippen LogP contribution >= 0.6 is 0 Å². The van der Waals surface area contributed by atoms with Crippen molar-refractivity contribution in [2.24, 2.45) is 0 Å². The van der Waals surface area contributed by atoms with Crippen molar-refractivity contribution in [1.29, 1.82) is 0 Å². The Labute approximate surface area is 83.1 Å². The van der Waals surface area contributed by atoms with Crippen LogP contribution in [0.2, 0.25) is 0 Å². The van der Waals surface area contributed by atoms with Gasteiger partial charge >= 0.3 is 0 Å². The lowest BCUT2D eigenvalue weighted by Gasteiger charge is -2.26. The first-order valence-corrected chi connectivity index (χ1v) is 4.76. The van der Waals surface area contributed by atoms with E-state index in [0.29, 0.717) is 0 Å². The van der Waals surface area contributed by atoms with Gasteiger partial charge in [0.05, 0.1) is 25.5 Å². The van der Waals surface area contributed by atoms with Gasteiger partial charge in [-0.15, -0.1) is 0 Å². The van der Waals surface area contributed by atoms with Crippen LogP contribution < -0.4 is 5.43 Å². The van der Waals surface area contributed by atoms with Gasteiger partial charge in [0.1, 0.15) is 6.33 Å². The van der Waals surface area contributed by atoms with E-state index in [4.69, 9.17) is 4.74 Å². The van der Waals surface area contributed by atoms with Crippen LogP contribution in [0.4, 0.5) is 0 Å². The van der Waals surface area contributed by atoms with Crippen molar-refractivity contribution in [1.82, 2.24) is 20.4 Å². The Morgan fingerprint density at radius 1 is 1.43 bits per heavy atom. The molecule has 2 heterocycles. The van der Waals surface area contributed by atoms with E-state index in [0.717, 1.165) is 38.5 Å². The standard InChI is InChI=1S/C9H14N4O/c1-2-10-8-11-9(1)7-12-13-3-5-14-6-4-13/h1-2,8,12H,3-7H2. The summed E-state index contributed by atoms with van der Waals surface area (Å²) in [6, 6.07) is 1.91. The highest BCUT2D eigenvalue weighted by Crippen LogP contribution is 1.95. The molecule has 1 fully saturated rings. The highest BCUT2D eigenvalue weighted by molar-refractivity contribution is 4.96. The van der Waals surface area contributed by atoms with Gasteiger partial charge in [-0.05, 0) is 6.07 Å². The first kappa shape index (κ1) is 9.51. The second-order valence-electron chi connectivity index (χ2n) is 3.14. The molecular weight excluding hydrogens is 180 g/mol. The number of ether oxygens (including phenoxy) is 1. The summed E-state index contributed by atoms with van der Waals surface area (Å²) in [6.07, 6.45) is 3.32. The minimum absolute atomic E-state index is 0.752. The van der Waals surface area contributed by atoms with Gasteiger partial charge in [-0.1, -0.05) is 0 Å². The van der Waals surface area contributed by atoms with Gasteiger partial charge in [0.15, 0.2) is 0 Å². The van der Waals surface area contributed by atoms with Crippen molar-refractivity contribution in [3.8, 4) is 0 Å². The maximum atomic E-state index is 5.24. The molecule has 2 rings (SSSR count). The van der Waals surface area contributed by atoms with E-state index in [9.17, 15) is 0 Å². The molecule has 0 aliphatic carbocycles. The molecule has 0 bridgehead atoms. The average molecular weight is 194 g/mol. The number of rotatable bonds is 3. The third-order valence-electron chi connectivity index (χ3n) is 2.14. The van der Waals surface area contributed by atoms with E-state index in [2.05, 4.69) is 20.4 Å². The minimum atomic E-state index is 0.752. The Morgan fingerprint density at radius 2 is 2.29 bits per heavy atom. The van der Waals surface area contributed by atoms with E-state index >= 15 is 0 Å². The molecular formula is C9H14N4O. The lowest BCUT2D eigenvalue weighted by Crippen LogP contribution is -2.45. The molecule has 76 valence electrons. The number of hydrazine groups is 1. The predicted octanol–water partition coefficient (Wildman–Crippen LogP) is -0.187. The number of aromatic nitrogens is 2. The molecule has 0 radical (unpaired) electrons. The molecule has 0 unspecified atom stereocenters. The summed E-state index contributed by atoms with van der Waals surface area (Å²) in [5.41, 5.74) is 4.31. The quantitative estimate of drug-likeness (QED) is 0.723. The lowest BCUT2D eigenvalue weighted by molar-refractivity contribution is 0.0103. The normalized spacial score (nSPS) is 18.3. The SMILES string of the molecule is c1cc(CNN2CCOCC2)ncn1. The van der Waals surface area contributed by atoms with E-state index < -0.39 is 0 Å². The smallest absolute Gasteiger partial charge is 0.115 e. The molecule has 5 nitrogen and oxygen atoms in total. The maximum absolute atomic E-state index is 5.24. The zero-order chi connectivity index (χ0) is 9.64. The van der Waals surface area contributed by atoms with Crippen LogP contribution in [0.3, 0.4) is 0 Å². The third-order valence-corrected chi connectivity index (χ3v) is 2.14. The fraction of sp³-hybridized carbons (Fsp3) is 0.556. The molecule has 1 N–H and O–H groups in total. The van der Waals surface area contributed by atoms with Crippen LogP contribution in [0.25, 0.3) is 0 Å². The van der Waals surface area contributed by atoms with Gasteiger partial charge in [-0.2, -0.15) is 0 Å². The first-order chi connectivity index (χ1) is 6.95. The van der Waals surface area contributed by atoms with E-state index in [1.165, 1.54) is 0 Å². The molecule has 1 aliphatic heterocycles. The summed E-state index contributed by atoms with van der Waals surface area (Å²) in [4.78, 5) is 8.00. The van der Waals surface area contributed by atoms with Crippen LogP contribution in [0, 0.1) is 0 Å². The summed E-state index contributed by atoms with van der Waals surface area (Å²) in [7, 11) is 0. The predicted molar refractivity (Wildman–Crippen MR) is 51.3 cm³/mol. The molecule has 0 aromatic carbocycles.